The standard InChI is InChI=1S/C21H24.C3H8O.2C2H6/c1-5-12-18(13-6-2)21(19(14-7-3)15-8-4)20-16-10-9-11-17-20;1-3-4-2;2*1-2/h5-17,21H,1,3H2,2,4H3;3H2,1-2H3;2*1-2H3/b13-6-,15-8-,18-12+,19-14+;;;. The molecule has 29 heavy (non-hydrogen) atoms. The first-order valence-corrected chi connectivity index (χ1v) is 10.6. The molecule has 1 rings (SSSR count). The normalized spacial score (nSPS) is 12.0. The summed E-state index contributed by atoms with van der Waals surface area (Å²) in [5, 5.41) is 0. The zero-order valence-corrected chi connectivity index (χ0v) is 20.1. The number of allylic oxidation sites excluding steroid dienone is 10. The summed E-state index contributed by atoms with van der Waals surface area (Å²) in [5.74, 6) is 0.176. The van der Waals surface area contributed by atoms with Gasteiger partial charge in [-0.15, -0.1) is 0 Å². The van der Waals surface area contributed by atoms with Gasteiger partial charge >= 0.3 is 0 Å². The van der Waals surface area contributed by atoms with E-state index in [0.29, 0.717) is 0 Å². The minimum absolute atomic E-state index is 0.176. The Morgan fingerprint density at radius 3 is 1.52 bits per heavy atom. The highest BCUT2D eigenvalue weighted by molar-refractivity contribution is 5.48. The zero-order valence-electron chi connectivity index (χ0n) is 20.1. The summed E-state index contributed by atoms with van der Waals surface area (Å²) >= 11 is 0. The lowest BCUT2D eigenvalue weighted by Crippen LogP contribution is -2.04. The minimum atomic E-state index is 0.176. The molecule has 0 saturated carbocycles. The summed E-state index contributed by atoms with van der Waals surface area (Å²) in [4.78, 5) is 0. The molecule has 162 valence electrons. The maximum atomic E-state index is 4.54. The van der Waals surface area contributed by atoms with Gasteiger partial charge in [0.15, 0.2) is 0 Å². The molecule has 0 amide bonds. The lowest BCUT2D eigenvalue weighted by molar-refractivity contribution is 0.215. The van der Waals surface area contributed by atoms with Gasteiger partial charge in [-0.25, -0.2) is 0 Å². The molecule has 0 radical (unpaired) electrons. The van der Waals surface area contributed by atoms with Crippen LogP contribution in [0.15, 0.2) is 103 Å². The fourth-order valence-corrected chi connectivity index (χ4v) is 2.38. The Kier molecular flexibility index (Phi) is 27.7. The summed E-state index contributed by atoms with van der Waals surface area (Å²) in [7, 11) is 1.68. The van der Waals surface area contributed by atoms with Crippen LogP contribution in [0.4, 0.5) is 0 Å². The van der Waals surface area contributed by atoms with E-state index in [2.05, 4.69) is 78.6 Å². The highest BCUT2D eigenvalue weighted by Gasteiger charge is 2.17. The molecule has 0 aliphatic rings. The Bertz CT molecular complexity index is 564. The Balaban J connectivity index is -0.000000733. The first-order valence-electron chi connectivity index (χ1n) is 10.6. The Labute approximate surface area is 181 Å². The predicted octanol–water partition coefficient (Wildman–Crippen LogP) is 8.85. The van der Waals surface area contributed by atoms with Crippen molar-refractivity contribution in [2.24, 2.45) is 0 Å². The molecule has 0 spiro atoms. The van der Waals surface area contributed by atoms with Crippen LogP contribution in [0, 0.1) is 0 Å². The summed E-state index contributed by atoms with van der Waals surface area (Å²) in [6, 6.07) is 10.5. The van der Waals surface area contributed by atoms with Gasteiger partial charge in [-0.05, 0) is 37.5 Å². The third-order valence-corrected chi connectivity index (χ3v) is 3.43. The second-order valence-electron chi connectivity index (χ2n) is 5.23. The molecule has 0 unspecified atom stereocenters. The average Bonchev–Trinajstić information content (AvgIpc) is 2.78. The molecular weight excluding hydrogens is 352 g/mol. The second-order valence-corrected chi connectivity index (χ2v) is 5.23. The third-order valence-electron chi connectivity index (χ3n) is 3.43. The number of rotatable bonds is 8. The summed E-state index contributed by atoms with van der Waals surface area (Å²) < 4.78 is 4.54. The van der Waals surface area contributed by atoms with Gasteiger partial charge in [0.25, 0.3) is 0 Å². The quantitative estimate of drug-likeness (QED) is 0.399. The van der Waals surface area contributed by atoms with Crippen LogP contribution in [0.5, 0.6) is 0 Å². The van der Waals surface area contributed by atoms with E-state index in [1.165, 1.54) is 16.7 Å². The fraction of sp³-hybridized carbons (Fsp3) is 0.357. The van der Waals surface area contributed by atoms with Crippen molar-refractivity contribution in [1.29, 1.82) is 0 Å². The van der Waals surface area contributed by atoms with Gasteiger partial charge in [0.05, 0.1) is 0 Å². The maximum absolute atomic E-state index is 4.54. The minimum Gasteiger partial charge on any atom is -0.385 e. The van der Waals surface area contributed by atoms with Crippen molar-refractivity contribution >= 4 is 0 Å². The van der Waals surface area contributed by atoms with E-state index in [1.807, 2.05) is 66.7 Å². The summed E-state index contributed by atoms with van der Waals surface area (Å²) in [5.41, 5.74) is 3.68. The van der Waals surface area contributed by atoms with Gasteiger partial charge < -0.3 is 4.74 Å². The molecule has 0 saturated heterocycles. The average molecular weight is 397 g/mol. The SMILES string of the molecule is C=C/C=C(\C=C/C)C(C(/C=C\C)=C/C=C)c1ccccc1.CC.CC.CCOC. The number of ether oxygens (including phenoxy) is 1. The zero-order chi connectivity index (χ0) is 22.9. The Morgan fingerprint density at radius 2 is 1.24 bits per heavy atom. The van der Waals surface area contributed by atoms with Crippen molar-refractivity contribution in [1.82, 2.24) is 0 Å². The van der Waals surface area contributed by atoms with Crippen molar-refractivity contribution in [3.8, 4) is 0 Å². The van der Waals surface area contributed by atoms with Crippen LogP contribution in [0.25, 0.3) is 0 Å². The molecule has 0 fully saturated rings. The van der Waals surface area contributed by atoms with Gasteiger partial charge in [-0.3, -0.25) is 0 Å². The van der Waals surface area contributed by atoms with E-state index in [4.69, 9.17) is 0 Å². The third kappa shape index (κ3) is 15.2. The van der Waals surface area contributed by atoms with Gasteiger partial charge in [-0.1, -0.05) is 120 Å². The van der Waals surface area contributed by atoms with Crippen molar-refractivity contribution in [3.63, 3.8) is 0 Å². The number of benzene rings is 1. The number of hydrogen-bond donors (Lipinski definition) is 0. The molecule has 0 aliphatic heterocycles. The molecular formula is C28H44O. The maximum Gasteiger partial charge on any atom is 0.0433 e. The van der Waals surface area contributed by atoms with Crippen LogP contribution in [0.3, 0.4) is 0 Å². The first kappa shape index (κ1) is 31.3. The van der Waals surface area contributed by atoms with Gasteiger partial charge in [0.2, 0.25) is 0 Å². The van der Waals surface area contributed by atoms with Crippen molar-refractivity contribution < 1.29 is 4.74 Å². The molecule has 1 aromatic carbocycles. The first-order chi connectivity index (χ1) is 14.2. The molecule has 0 bridgehead atoms. The number of methoxy groups -OCH3 is 1. The smallest absolute Gasteiger partial charge is 0.0433 e. The lowest BCUT2D eigenvalue weighted by Gasteiger charge is -2.20. The van der Waals surface area contributed by atoms with Gasteiger partial charge in [0, 0.05) is 19.6 Å². The van der Waals surface area contributed by atoms with E-state index >= 15 is 0 Å². The molecule has 0 N–H and O–H groups in total. The Hall–Kier alpha value is -2.38. The highest BCUT2D eigenvalue weighted by Crippen LogP contribution is 2.33. The van der Waals surface area contributed by atoms with Crippen LogP contribution in [-0.4, -0.2) is 13.7 Å². The van der Waals surface area contributed by atoms with Crippen molar-refractivity contribution in [2.75, 3.05) is 13.7 Å². The molecule has 1 nitrogen and oxygen atoms in total. The van der Waals surface area contributed by atoms with E-state index in [0.717, 1.165) is 6.61 Å². The van der Waals surface area contributed by atoms with Crippen molar-refractivity contribution in [3.05, 3.63) is 109 Å². The molecule has 1 aromatic rings. The molecule has 0 aliphatic carbocycles. The van der Waals surface area contributed by atoms with E-state index in [1.54, 1.807) is 7.11 Å². The number of hydrogen-bond acceptors (Lipinski definition) is 1. The van der Waals surface area contributed by atoms with E-state index in [-0.39, 0.29) is 5.92 Å². The van der Waals surface area contributed by atoms with Gasteiger partial charge in [-0.2, -0.15) is 0 Å². The molecule has 0 atom stereocenters. The topological polar surface area (TPSA) is 9.23 Å². The second kappa shape index (κ2) is 25.6. The van der Waals surface area contributed by atoms with Crippen LogP contribution >= 0.6 is 0 Å². The van der Waals surface area contributed by atoms with Crippen LogP contribution in [-0.2, 0) is 4.74 Å². The molecule has 0 heterocycles. The van der Waals surface area contributed by atoms with E-state index < -0.39 is 0 Å². The fourth-order valence-electron chi connectivity index (χ4n) is 2.38. The van der Waals surface area contributed by atoms with Crippen LogP contribution in [0.2, 0.25) is 0 Å². The van der Waals surface area contributed by atoms with Crippen LogP contribution in [0.1, 0.15) is 59.9 Å². The largest absolute Gasteiger partial charge is 0.385 e. The van der Waals surface area contributed by atoms with Crippen molar-refractivity contribution in [2.45, 2.75) is 54.4 Å². The summed E-state index contributed by atoms with van der Waals surface area (Å²) in [6.07, 6.45) is 16.2. The van der Waals surface area contributed by atoms with E-state index in [9.17, 15) is 0 Å². The molecule has 1 heteroatoms. The predicted molar refractivity (Wildman–Crippen MR) is 136 cm³/mol. The Morgan fingerprint density at radius 1 is 0.862 bits per heavy atom. The lowest BCUT2D eigenvalue weighted by atomic mass is 9.83. The highest BCUT2D eigenvalue weighted by atomic mass is 16.5. The van der Waals surface area contributed by atoms with Gasteiger partial charge in [0.1, 0.15) is 0 Å². The monoisotopic (exact) mass is 396 g/mol. The van der Waals surface area contributed by atoms with Crippen LogP contribution < -0.4 is 0 Å². The molecule has 0 aromatic heterocycles. The summed E-state index contributed by atoms with van der Waals surface area (Å²) in [6.45, 7) is 22.5.